The van der Waals surface area contributed by atoms with Gasteiger partial charge in [-0.25, -0.2) is 9.97 Å². The SMILES string of the molecule is CN(C)C/C=C/C(=O)Nc1ccc(C(=O)Nc2cccc(Nc3cc(-c4ccc5ccn(C)c5c4)ncn3)c2)cc1. The Morgan fingerprint density at radius 3 is 2.49 bits per heavy atom. The molecule has 2 amide bonds. The summed E-state index contributed by atoms with van der Waals surface area (Å²) in [6.45, 7) is 0.675. The van der Waals surface area contributed by atoms with Crippen LogP contribution in [0.15, 0.2) is 104 Å². The number of likely N-dealkylation sites (N-methyl/N-ethyl adjacent to an activating group) is 1. The molecule has 0 spiro atoms. The van der Waals surface area contributed by atoms with E-state index in [0.717, 1.165) is 22.5 Å². The Labute approximate surface area is 238 Å². The van der Waals surface area contributed by atoms with E-state index >= 15 is 0 Å². The van der Waals surface area contributed by atoms with Gasteiger partial charge in [-0.1, -0.05) is 24.3 Å². The number of hydrogen-bond acceptors (Lipinski definition) is 6. The second-order valence-electron chi connectivity index (χ2n) is 9.88. The fourth-order valence-electron chi connectivity index (χ4n) is 4.29. The van der Waals surface area contributed by atoms with E-state index in [2.05, 4.69) is 54.8 Å². The number of fused-ring (bicyclic) bond motifs is 1. The molecule has 0 saturated carbocycles. The highest BCUT2D eigenvalue weighted by Gasteiger charge is 2.09. The molecule has 3 N–H and O–H groups in total. The van der Waals surface area contributed by atoms with Gasteiger partial charge in [-0.3, -0.25) is 9.59 Å². The van der Waals surface area contributed by atoms with E-state index in [4.69, 9.17) is 0 Å². The van der Waals surface area contributed by atoms with Gasteiger partial charge in [0.1, 0.15) is 12.1 Å². The summed E-state index contributed by atoms with van der Waals surface area (Å²) in [5.74, 6) is 0.160. The Hall–Kier alpha value is -5.28. The summed E-state index contributed by atoms with van der Waals surface area (Å²) in [7, 11) is 5.88. The zero-order chi connectivity index (χ0) is 28.8. The minimum Gasteiger partial charge on any atom is -0.351 e. The molecular formula is C32H31N7O2. The third-order valence-electron chi connectivity index (χ3n) is 6.40. The van der Waals surface area contributed by atoms with Crippen molar-refractivity contribution in [2.45, 2.75) is 0 Å². The third-order valence-corrected chi connectivity index (χ3v) is 6.40. The van der Waals surface area contributed by atoms with E-state index in [1.165, 1.54) is 17.8 Å². The van der Waals surface area contributed by atoms with Gasteiger partial charge in [0.2, 0.25) is 5.91 Å². The summed E-state index contributed by atoms with van der Waals surface area (Å²) in [6, 6.07) is 24.4. The summed E-state index contributed by atoms with van der Waals surface area (Å²) in [6.07, 6.45) is 6.85. The lowest BCUT2D eigenvalue weighted by Crippen LogP contribution is -2.13. The van der Waals surface area contributed by atoms with Crippen LogP contribution in [0.4, 0.5) is 22.9 Å². The van der Waals surface area contributed by atoms with Crippen LogP contribution in [-0.2, 0) is 11.8 Å². The van der Waals surface area contributed by atoms with Crippen molar-refractivity contribution in [2.24, 2.45) is 7.05 Å². The van der Waals surface area contributed by atoms with Crippen LogP contribution in [-0.4, -0.2) is 51.9 Å². The topological polar surface area (TPSA) is 104 Å². The first-order valence-corrected chi connectivity index (χ1v) is 13.1. The first-order chi connectivity index (χ1) is 19.8. The van der Waals surface area contributed by atoms with Crippen molar-refractivity contribution in [3.05, 3.63) is 109 Å². The van der Waals surface area contributed by atoms with E-state index in [0.29, 0.717) is 29.3 Å². The number of rotatable bonds is 9. The second kappa shape index (κ2) is 12.3. The molecule has 41 heavy (non-hydrogen) atoms. The van der Waals surface area contributed by atoms with Crippen molar-refractivity contribution >= 4 is 45.6 Å². The van der Waals surface area contributed by atoms with Crippen molar-refractivity contribution in [3.8, 4) is 11.3 Å². The lowest BCUT2D eigenvalue weighted by Gasteiger charge is -2.11. The van der Waals surface area contributed by atoms with Gasteiger partial charge in [0, 0.05) is 65.6 Å². The Kier molecular flexibility index (Phi) is 8.17. The zero-order valence-corrected chi connectivity index (χ0v) is 23.1. The average Bonchev–Trinajstić information content (AvgIpc) is 3.33. The molecule has 9 heteroatoms. The molecule has 0 aliphatic carbocycles. The summed E-state index contributed by atoms with van der Waals surface area (Å²) in [4.78, 5) is 35.7. The third kappa shape index (κ3) is 7.03. The normalized spacial score (nSPS) is 11.2. The molecule has 3 aromatic carbocycles. The van der Waals surface area contributed by atoms with Crippen LogP contribution in [0, 0.1) is 0 Å². The zero-order valence-electron chi connectivity index (χ0n) is 23.1. The molecule has 0 aliphatic heterocycles. The number of benzene rings is 3. The molecule has 2 aromatic heterocycles. The molecule has 2 heterocycles. The maximum atomic E-state index is 12.9. The van der Waals surface area contributed by atoms with Gasteiger partial charge in [-0.2, -0.15) is 0 Å². The predicted octanol–water partition coefficient (Wildman–Crippen LogP) is 5.69. The number of hydrogen-bond donors (Lipinski definition) is 3. The molecule has 9 nitrogen and oxygen atoms in total. The molecule has 0 fully saturated rings. The highest BCUT2D eigenvalue weighted by atomic mass is 16.2. The summed E-state index contributed by atoms with van der Waals surface area (Å²) >= 11 is 0. The number of anilines is 4. The van der Waals surface area contributed by atoms with Crippen LogP contribution in [0.3, 0.4) is 0 Å². The molecule has 0 aliphatic rings. The smallest absolute Gasteiger partial charge is 0.255 e. The van der Waals surface area contributed by atoms with Gasteiger partial charge in [0.25, 0.3) is 5.91 Å². The van der Waals surface area contributed by atoms with Gasteiger partial charge in [0.05, 0.1) is 5.69 Å². The fraction of sp³-hybridized carbons (Fsp3) is 0.125. The number of carbonyl (C=O) groups is 2. The van der Waals surface area contributed by atoms with Crippen molar-refractivity contribution < 1.29 is 9.59 Å². The second-order valence-corrected chi connectivity index (χ2v) is 9.88. The van der Waals surface area contributed by atoms with Crippen LogP contribution >= 0.6 is 0 Å². The van der Waals surface area contributed by atoms with Crippen LogP contribution in [0.25, 0.3) is 22.2 Å². The van der Waals surface area contributed by atoms with E-state index < -0.39 is 0 Å². The van der Waals surface area contributed by atoms with Crippen LogP contribution < -0.4 is 16.0 Å². The summed E-state index contributed by atoms with van der Waals surface area (Å²) < 4.78 is 2.08. The summed E-state index contributed by atoms with van der Waals surface area (Å²) in [5, 5.41) is 10.2. The Bertz CT molecular complexity index is 1720. The number of nitrogens with zero attached hydrogens (tertiary/aromatic N) is 4. The molecule has 0 unspecified atom stereocenters. The van der Waals surface area contributed by atoms with Gasteiger partial charge in [-0.05, 0) is 74.1 Å². The lowest BCUT2D eigenvalue weighted by molar-refractivity contribution is -0.111. The quantitative estimate of drug-likeness (QED) is 0.206. The number of carbonyl (C=O) groups excluding carboxylic acids is 2. The first kappa shape index (κ1) is 27.3. The molecule has 0 radical (unpaired) electrons. The Morgan fingerprint density at radius 2 is 1.68 bits per heavy atom. The molecule has 0 bridgehead atoms. The maximum absolute atomic E-state index is 12.9. The largest absolute Gasteiger partial charge is 0.351 e. The monoisotopic (exact) mass is 545 g/mol. The first-order valence-electron chi connectivity index (χ1n) is 13.1. The molecule has 0 atom stereocenters. The van der Waals surface area contributed by atoms with E-state index in [1.54, 1.807) is 30.3 Å². The number of amides is 2. The Morgan fingerprint density at radius 1 is 0.878 bits per heavy atom. The highest BCUT2D eigenvalue weighted by molar-refractivity contribution is 6.05. The summed E-state index contributed by atoms with van der Waals surface area (Å²) in [5.41, 5.74) is 5.42. The minimum atomic E-state index is -0.258. The number of aromatic nitrogens is 3. The fourth-order valence-corrected chi connectivity index (χ4v) is 4.29. The maximum Gasteiger partial charge on any atom is 0.255 e. The van der Waals surface area contributed by atoms with Crippen molar-refractivity contribution in [1.29, 1.82) is 0 Å². The predicted molar refractivity (Wildman–Crippen MR) is 164 cm³/mol. The van der Waals surface area contributed by atoms with Crippen LogP contribution in [0.1, 0.15) is 10.4 Å². The number of nitrogens with one attached hydrogen (secondary N) is 3. The standard InChI is InChI=1S/C32H31N7O2/c1-38(2)16-5-8-31(40)36-25-13-11-23(12-14-25)32(41)37-27-7-4-6-26(19-27)35-30-20-28(33-21-34-30)24-10-9-22-15-17-39(3)29(22)18-24/h4-15,17-21H,16H2,1-3H3,(H,36,40)(H,37,41)(H,33,34,35)/b8-5+. The van der Waals surface area contributed by atoms with E-state index in [-0.39, 0.29) is 11.8 Å². The van der Waals surface area contributed by atoms with E-state index in [9.17, 15) is 9.59 Å². The highest BCUT2D eigenvalue weighted by Crippen LogP contribution is 2.26. The van der Waals surface area contributed by atoms with Gasteiger partial charge < -0.3 is 25.4 Å². The van der Waals surface area contributed by atoms with Gasteiger partial charge >= 0.3 is 0 Å². The van der Waals surface area contributed by atoms with Crippen molar-refractivity contribution in [2.75, 3.05) is 36.6 Å². The average molecular weight is 546 g/mol. The molecule has 206 valence electrons. The minimum absolute atomic E-state index is 0.221. The molecular weight excluding hydrogens is 514 g/mol. The molecule has 5 aromatic rings. The van der Waals surface area contributed by atoms with Gasteiger partial charge in [-0.15, -0.1) is 0 Å². The molecule has 0 saturated heterocycles. The van der Waals surface area contributed by atoms with Crippen molar-refractivity contribution in [3.63, 3.8) is 0 Å². The Balaban J connectivity index is 1.22. The number of aryl methyl sites for hydroxylation is 1. The van der Waals surface area contributed by atoms with Crippen LogP contribution in [0.2, 0.25) is 0 Å². The van der Waals surface area contributed by atoms with E-state index in [1.807, 2.05) is 62.6 Å². The lowest BCUT2D eigenvalue weighted by atomic mass is 10.1. The van der Waals surface area contributed by atoms with Gasteiger partial charge in [0.15, 0.2) is 0 Å². The van der Waals surface area contributed by atoms with Crippen LogP contribution in [0.5, 0.6) is 0 Å². The molecule has 5 rings (SSSR count). The van der Waals surface area contributed by atoms with Crippen molar-refractivity contribution in [1.82, 2.24) is 19.4 Å².